The van der Waals surface area contributed by atoms with E-state index in [1.807, 2.05) is 25.1 Å². The molecular formula is C23H32N4O4. The Kier molecular flexibility index (Phi) is 7.92. The van der Waals surface area contributed by atoms with Crippen LogP contribution < -0.4 is 14.8 Å². The molecule has 1 unspecified atom stereocenters. The summed E-state index contributed by atoms with van der Waals surface area (Å²) in [5, 5.41) is 7.51. The summed E-state index contributed by atoms with van der Waals surface area (Å²) in [5.74, 6) is 1.52. The van der Waals surface area contributed by atoms with E-state index in [1.54, 1.807) is 11.8 Å². The Balaban J connectivity index is 1.92. The first-order valence-electron chi connectivity index (χ1n) is 11.0. The maximum atomic E-state index is 13.0. The predicted octanol–water partition coefficient (Wildman–Crippen LogP) is 4.49. The van der Waals surface area contributed by atoms with E-state index in [4.69, 9.17) is 14.2 Å². The number of benzene rings is 1. The maximum absolute atomic E-state index is 13.0. The van der Waals surface area contributed by atoms with Gasteiger partial charge >= 0.3 is 5.97 Å². The van der Waals surface area contributed by atoms with Crippen LogP contribution in [0.2, 0.25) is 0 Å². The van der Waals surface area contributed by atoms with Gasteiger partial charge in [0.25, 0.3) is 0 Å². The zero-order chi connectivity index (χ0) is 22.2. The second-order valence-electron chi connectivity index (χ2n) is 7.55. The number of carbonyl (C=O) groups excluding carboxylic acids is 1. The number of allylic oxidation sites excluding steroid dienone is 1. The highest BCUT2D eigenvalue weighted by Gasteiger charge is 2.34. The number of hydrogen-bond acceptors (Lipinski definition) is 7. The maximum Gasteiger partial charge on any atom is 0.338 e. The zero-order valence-electron chi connectivity index (χ0n) is 18.8. The number of nitrogens with one attached hydrogen (secondary N) is 1. The minimum Gasteiger partial charge on any atom is -0.493 e. The molecule has 0 saturated heterocycles. The predicted molar refractivity (Wildman–Crippen MR) is 118 cm³/mol. The number of fused-ring (bicyclic) bond motifs is 1. The molecule has 2 heterocycles. The van der Waals surface area contributed by atoms with E-state index in [1.165, 1.54) is 6.33 Å². The van der Waals surface area contributed by atoms with Crippen molar-refractivity contribution >= 4 is 11.9 Å². The van der Waals surface area contributed by atoms with E-state index >= 15 is 0 Å². The molecule has 1 aromatic carbocycles. The summed E-state index contributed by atoms with van der Waals surface area (Å²) < 4.78 is 18.7. The molecule has 0 amide bonds. The molecule has 0 saturated carbocycles. The molecule has 0 aliphatic carbocycles. The van der Waals surface area contributed by atoms with Gasteiger partial charge in [0.1, 0.15) is 12.4 Å². The Hall–Kier alpha value is -3.03. The van der Waals surface area contributed by atoms with Gasteiger partial charge in [-0.25, -0.2) is 9.48 Å². The Morgan fingerprint density at radius 2 is 1.94 bits per heavy atom. The molecule has 8 nitrogen and oxygen atoms in total. The lowest BCUT2D eigenvalue weighted by Gasteiger charge is -2.28. The number of methoxy groups -OCH3 is 1. The van der Waals surface area contributed by atoms with E-state index in [0.29, 0.717) is 41.9 Å². The number of anilines is 1. The summed E-state index contributed by atoms with van der Waals surface area (Å²) in [5.41, 5.74) is 2.05. The molecule has 0 spiro atoms. The second-order valence-corrected chi connectivity index (χ2v) is 7.55. The van der Waals surface area contributed by atoms with Crippen molar-refractivity contribution < 1.29 is 19.0 Å². The van der Waals surface area contributed by atoms with Crippen LogP contribution in [-0.4, -0.2) is 41.1 Å². The van der Waals surface area contributed by atoms with Crippen LogP contribution >= 0.6 is 0 Å². The van der Waals surface area contributed by atoms with Gasteiger partial charge in [-0.1, -0.05) is 39.2 Å². The molecule has 0 fully saturated rings. The monoisotopic (exact) mass is 428 g/mol. The van der Waals surface area contributed by atoms with E-state index in [2.05, 4.69) is 29.2 Å². The van der Waals surface area contributed by atoms with Gasteiger partial charge in [0.2, 0.25) is 5.95 Å². The van der Waals surface area contributed by atoms with Gasteiger partial charge in [0, 0.05) is 5.70 Å². The van der Waals surface area contributed by atoms with Crippen molar-refractivity contribution in [3.63, 3.8) is 0 Å². The van der Waals surface area contributed by atoms with Crippen molar-refractivity contribution in [3.05, 3.63) is 41.4 Å². The fraction of sp³-hybridized carbons (Fsp3) is 0.522. The molecular weight excluding hydrogens is 396 g/mol. The first-order chi connectivity index (χ1) is 15.1. The summed E-state index contributed by atoms with van der Waals surface area (Å²) in [4.78, 5) is 17.3. The van der Waals surface area contributed by atoms with E-state index in [-0.39, 0.29) is 5.97 Å². The van der Waals surface area contributed by atoms with E-state index in [0.717, 1.165) is 37.7 Å². The molecule has 8 heteroatoms. The number of unbranched alkanes of at least 4 members (excludes halogenated alkanes) is 3. The molecule has 1 aromatic heterocycles. The molecule has 1 atom stereocenters. The number of nitrogens with zero attached hydrogens (tertiary/aromatic N) is 3. The van der Waals surface area contributed by atoms with Gasteiger partial charge in [0.15, 0.2) is 11.5 Å². The van der Waals surface area contributed by atoms with Crippen LogP contribution in [0.4, 0.5) is 5.95 Å². The van der Waals surface area contributed by atoms with Gasteiger partial charge in [0.05, 0.1) is 25.9 Å². The third kappa shape index (κ3) is 5.18. The van der Waals surface area contributed by atoms with Crippen LogP contribution in [0.3, 0.4) is 0 Å². The van der Waals surface area contributed by atoms with Gasteiger partial charge in [-0.05, 0) is 37.5 Å². The lowest BCUT2D eigenvalue weighted by Crippen LogP contribution is -2.29. The number of esters is 1. The Morgan fingerprint density at radius 3 is 2.68 bits per heavy atom. The van der Waals surface area contributed by atoms with Crippen LogP contribution in [-0.2, 0) is 9.53 Å². The summed E-state index contributed by atoms with van der Waals surface area (Å²) in [6.07, 6.45) is 6.50. The molecule has 1 N–H and O–H groups in total. The van der Waals surface area contributed by atoms with Crippen LogP contribution in [0.5, 0.6) is 11.5 Å². The fourth-order valence-corrected chi connectivity index (χ4v) is 3.56. The quantitative estimate of drug-likeness (QED) is 0.417. The average molecular weight is 429 g/mol. The standard InChI is InChI=1S/C23H32N4O4/c1-5-7-9-13-30-18-11-10-17(14-19(18)29-4)21-20(22(28)31-12-8-6-2)16(3)26-23-24-15-25-27(21)23/h10-11,14-15,21H,5-9,12-13H2,1-4H3,(H,24,25,26). The van der Waals surface area contributed by atoms with E-state index in [9.17, 15) is 4.79 Å². The molecule has 2 aromatic rings. The molecule has 0 bridgehead atoms. The third-order valence-corrected chi connectivity index (χ3v) is 5.25. The first kappa shape index (κ1) is 22.7. The molecule has 1 aliphatic heterocycles. The Labute approximate surface area is 183 Å². The van der Waals surface area contributed by atoms with Crippen molar-refractivity contribution in [2.75, 3.05) is 25.6 Å². The molecule has 31 heavy (non-hydrogen) atoms. The number of carbonyl (C=O) groups is 1. The lowest BCUT2D eigenvalue weighted by molar-refractivity contribution is -0.139. The average Bonchev–Trinajstić information content (AvgIpc) is 3.24. The van der Waals surface area contributed by atoms with Gasteiger partial charge in [-0.3, -0.25) is 0 Å². The summed E-state index contributed by atoms with van der Waals surface area (Å²) in [6.45, 7) is 7.09. The van der Waals surface area contributed by atoms with Crippen molar-refractivity contribution in [1.82, 2.24) is 14.8 Å². The molecule has 0 radical (unpaired) electrons. The lowest BCUT2D eigenvalue weighted by atomic mass is 9.95. The van der Waals surface area contributed by atoms with E-state index < -0.39 is 6.04 Å². The fourth-order valence-electron chi connectivity index (χ4n) is 3.56. The van der Waals surface area contributed by atoms with Gasteiger partial charge in [-0.15, -0.1) is 0 Å². The first-order valence-corrected chi connectivity index (χ1v) is 11.0. The molecule has 168 valence electrons. The normalized spacial score (nSPS) is 15.3. The topological polar surface area (TPSA) is 87.5 Å². The Bertz CT molecular complexity index is 922. The summed E-state index contributed by atoms with van der Waals surface area (Å²) in [7, 11) is 1.61. The largest absolute Gasteiger partial charge is 0.493 e. The summed E-state index contributed by atoms with van der Waals surface area (Å²) >= 11 is 0. The smallest absolute Gasteiger partial charge is 0.338 e. The van der Waals surface area contributed by atoms with Crippen LogP contribution in [0.15, 0.2) is 35.8 Å². The molecule has 3 rings (SSSR count). The van der Waals surface area contributed by atoms with Crippen molar-refractivity contribution in [1.29, 1.82) is 0 Å². The van der Waals surface area contributed by atoms with Crippen LogP contribution in [0.25, 0.3) is 0 Å². The van der Waals surface area contributed by atoms with Crippen molar-refractivity contribution in [2.24, 2.45) is 0 Å². The second kappa shape index (κ2) is 10.8. The third-order valence-electron chi connectivity index (χ3n) is 5.25. The zero-order valence-corrected chi connectivity index (χ0v) is 18.8. The minimum atomic E-state index is -0.476. The highest BCUT2D eigenvalue weighted by Crippen LogP contribution is 2.38. The summed E-state index contributed by atoms with van der Waals surface area (Å²) in [6, 6.07) is 5.24. The molecule has 1 aliphatic rings. The van der Waals surface area contributed by atoms with Gasteiger partial charge in [-0.2, -0.15) is 10.1 Å². The van der Waals surface area contributed by atoms with Crippen molar-refractivity contribution in [3.8, 4) is 11.5 Å². The van der Waals surface area contributed by atoms with Crippen molar-refractivity contribution in [2.45, 2.75) is 58.9 Å². The van der Waals surface area contributed by atoms with Crippen LogP contribution in [0, 0.1) is 0 Å². The Morgan fingerprint density at radius 1 is 1.13 bits per heavy atom. The number of rotatable bonds is 11. The number of aromatic nitrogens is 3. The van der Waals surface area contributed by atoms with Gasteiger partial charge < -0.3 is 19.5 Å². The minimum absolute atomic E-state index is 0.358. The SMILES string of the molecule is CCCCCOc1ccc(C2C(C(=O)OCCCC)=C(C)Nc3ncnn32)cc1OC. The number of ether oxygens (including phenoxy) is 3. The van der Waals surface area contributed by atoms with Crippen LogP contribution in [0.1, 0.15) is 64.5 Å². The highest BCUT2D eigenvalue weighted by molar-refractivity contribution is 5.92. The highest BCUT2D eigenvalue weighted by atomic mass is 16.5. The number of hydrogen-bond donors (Lipinski definition) is 1.